The number of amides is 1. The molecule has 154 valence electrons. The predicted molar refractivity (Wildman–Crippen MR) is 124 cm³/mol. The molecular formula is C20H30IN5O2. The molecule has 28 heavy (non-hydrogen) atoms. The fourth-order valence-electron chi connectivity index (χ4n) is 2.51. The van der Waals surface area contributed by atoms with Crippen molar-refractivity contribution in [1.82, 2.24) is 20.9 Å². The summed E-state index contributed by atoms with van der Waals surface area (Å²) in [7, 11) is 1.73. The van der Waals surface area contributed by atoms with Crippen molar-refractivity contribution in [3.8, 4) is 0 Å². The summed E-state index contributed by atoms with van der Waals surface area (Å²) in [5.41, 5.74) is 1.62. The van der Waals surface area contributed by atoms with Gasteiger partial charge in [0, 0.05) is 38.3 Å². The van der Waals surface area contributed by atoms with E-state index in [2.05, 4.69) is 44.1 Å². The van der Waals surface area contributed by atoms with Crippen LogP contribution in [0.3, 0.4) is 0 Å². The highest BCUT2D eigenvalue weighted by Gasteiger charge is 2.15. The summed E-state index contributed by atoms with van der Waals surface area (Å²) in [5, 5.41) is 10.4. The van der Waals surface area contributed by atoms with E-state index in [1.807, 2.05) is 32.9 Å². The topological polar surface area (TPSA) is 87.6 Å². The highest BCUT2D eigenvalue weighted by atomic mass is 127. The van der Waals surface area contributed by atoms with E-state index in [1.54, 1.807) is 13.2 Å². The molecule has 0 aliphatic heterocycles. The van der Waals surface area contributed by atoms with Crippen LogP contribution in [0.2, 0.25) is 0 Å². The van der Waals surface area contributed by atoms with Gasteiger partial charge < -0.3 is 20.7 Å². The Labute approximate surface area is 183 Å². The number of alkyl carbamates (subject to hydrolysis) is 1. The zero-order valence-corrected chi connectivity index (χ0v) is 19.2. The minimum absolute atomic E-state index is 0. The molecule has 0 bridgehead atoms. The molecule has 1 amide bonds. The number of carbonyl (C=O) groups is 1. The van der Waals surface area contributed by atoms with Gasteiger partial charge in [0.2, 0.25) is 0 Å². The molecule has 0 spiro atoms. The van der Waals surface area contributed by atoms with Crippen molar-refractivity contribution >= 4 is 46.9 Å². The maximum absolute atomic E-state index is 11.6. The van der Waals surface area contributed by atoms with Gasteiger partial charge in [-0.05, 0) is 38.8 Å². The summed E-state index contributed by atoms with van der Waals surface area (Å²) in [6, 6.07) is 10.1. The lowest BCUT2D eigenvalue weighted by molar-refractivity contribution is 0.0527. The molecule has 2 rings (SSSR count). The number of ether oxygens (including phenoxy) is 1. The van der Waals surface area contributed by atoms with Crippen LogP contribution >= 0.6 is 24.0 Å². The molecule has 1 heterocycles. The summed E-state index contributed by atoms with van der Waals surface area (Å²) in [6.45, 7) is 7.37. The summed E-state index contributed by atoms with van der Waals surface area (Å²) in [5.74, 6) is 0.709. The number of carbonyl (C=O) groups excluding carboxylic acids is 1. The van der Waals surface area contributed by atoms with E-state index >= 15 is 0 Å². The van der Waals surface area contributed by atoms with E-state index in [0.29, 0.717) is 25.6 Å². The number of nitrogens with zero attached hydrogens (tertiary/aromatic N) is 2. The summed E-state index contributed by atoms with van der Waals surface area (Å²) in [4.78, 5) is 20.3. The number of aliphatic imine (C=N–C) groups is 1. The van der Waals surface area contributed by atoms with Gasteiger partial charge in [0.25, 0.3) is 0 Å². The first-order valence-corrected chi connectivity index (χ1v) is 9.13. The Hall–Kier alpha value is -2.10. The normalized spacial score (nSPS) is 11.5. The van der Waals surface area contributed by atoms with Crippen LogP contribution in [0.25, 0.3) is 10.9 Å². The smallest absolute Gasteiger partial charge is 0.407 e. The Morgan fingerprint density at radius 3 is 2.54 bits per heavy atom. The summed E-state index contributed by atoms with van der Waals surface area (Å²) >= 11 is 0. The second kappa shape index (κ2) is 11.7. The second-order valence-electron chi connectivity index (χ2n) is 7.13. The Balaban J connectivity index is 0.00000392. The average molecular weight is 499 g/mol. The molecule has 0 fully saturated rings. The monoisotopic (exact) mass is 499 g/mol. The largest absolute Gasteiger partial charge is 0.444 e. The van der Waals surface area contributed by atoms with E-state index < -0.39 is 11.7 Å². The van der Waals surface area contributed by atoms with Gasteiger partial charge in [-0.15, -0.1) is 24.0 Å². The molecule has 2 aromatic rings. The number of rotatable bonds is 6. The van der Waals surface area contributed by atoms with Crippen molar-refractivity contribution in [2.24, 2.45) is 4.99 Å². The van der Waals surface area contributed by atoms with Crippen LogP contribution in [0.15, 0.2) is 41.5 Å². The third-order valence-corrected chi connectivity index (χ3v) is 3.70. The van der Waals surface area contributed by atoms with Crippen LogP contribution < -0.4 is 16.0 Å². The van der Waals surface area contributed by atoms with E-state index in [-0.39, 0.29) is 24.0 Å². The number of hydrogen-bond donors (Lipinski definition) is 3. The van der Waals surface area contributed by atoms with Crippen molar-refractivity contribution in [1.29, 1.82) is 0 Å². The SMILES string of the molecule is CN=C(NCCCNC(=O)OC(C)(C)C)NCc1cccc2cccnc12.I. The number of benzene rings is 1. The van der Waals surface area contributed by atoms with Gasteiger partial charge in [0.1, 0.15) is 5.60 Å². The molecule has 1 aromatic heterocycles. The number of para-hydroxylation sites is 1. The molecule has 0 unspecified atom stereocenters. The lowest BCUT2D eigenvalue weighted by atomic mass is 10.1. The van der Waals surface area contributed by atoms with E-state index in [0.717, 1.165) is 22.9 Å². The van der Waals surface area contributed by atoms with Gasteiger partial charge in [-0.1, -0.05) is 24.3 Å². The van der Waals surface area contributed by atoms with Crippen molar-refractivity contribution in [3.63, 3.8) is 0 Å². The predicted octanol–water partition coefficient (Wildman–Crippen LogP) is 3.43. The van der Waals surface area contributed by atoms with Crippen LogP contribution in [0, 0.1) is 0 Å². The Kier molecular flexibility index (Phi) is 9.98. The fourth-order valence-corrected chi connectivity index (χ4v) is 2.51. The van der Waals surface area contributed by atoms with E-state index in [4.69, 9.17) is 4.74 Å². The van der Waals surface area contributed by atoms with E-state index in [9.17, 15) is 4.79 Å². The zero-order chi connectivity index (χ0) is 19.7. The Morgan fingerprint density at radius 1 is 1.11 bits per heavy atom. The van der Waals surface area contributed by atoms with Gasteiger partial charge in [0.05, 0.1) is 5.52 Å². The van der Waals surface area contributed by atoms with E-state index in [1.165, 1.54) is 0 Å². The minimum atomic E-state index is -0.481. The van der Waals surface area contributed by atoms with Crippen molar-refractivity contribution in [2.75, 3.05) is 20.1 Å². The summed E-state index contributed by atoms with van der Waals surface area (Å²) in [6.07, 6.45) is 2.17. The van der Waals surface area contributed by atoms with Gasteiger partial charge in [-0.3, -0.25) is 9.98 Å². The number of nitrogens with one attached hydrogen (secondary N) is 3. The molecular weight excluding hydrogens is 469 g/mol. The molecule has 0 saturated carbocycles. The molecule has 0 saturated heterocycles. The van der Waals surface area contributed by atoms with Crippen LogP contribution in [-0.4, -0.2) is 42.8 Å². The fraction of sp³-hybridized carbons (Fsp3) is 0.450. The second-order valence-corrected chi connectivity index (χ2v) is 7.13. The van der Waals surface area contributed by atoms with Crippen molar-refractivity contribution in [3.05, 3.63) is 42.1 Å². The third-order valence-electron chi connectivity index (χ3n) is 3.70. The van der Waals surface area contributed by atoms with Gasteiger partial charge in [-0.25, -0.2) is 4.79 Å². The average Bonchev–Trinajstić information content (AvgIpc) is 2.62. The highest BCUT2D eigenvalue weighted by Crippen LogP contribution is 2.15. The lowest BCUT2D eigenvalue weighted by Crippen LogP contribution is -2.39. The maximum atomic E-state index is 11.6. The Bertz CT molecular complexity index is 784. The van der Waals surface area contributed by atoms with Crippen LogP contribution in [0.1, 0.15) is 32.8 Å². The van der Waals surface area contributed by atoms with Crippen LogP contribution in [0.5, 0.6) is 0 Å². The van der Waals surface area contributed by atoms with Gasteiger partial charge in [0.15, 0.2) is 5.96 Å². The molecule has 7 nitrogen and oxygen atoms in total. The van der Waals surface area contributed by atoms with Crippen LogP contribution in [0.4, 0.5) is 4.79 Å². The summed E-state index contributed by atoms with van der Waals surface area (Å²) < 4.78 is 5.20. The number of aromatic nitrogens is 1. The number of fused-ring (bicyclic) bond motifs is 1. The highest BCUT2D eigenvalue weighted by molar-refractivity contribution is 14.0. The molecule has 0 atom stereocenters. The maximum Gasteiger partial charge on any atom is 0.407 e. The lowest BCUT2D eigenvalue weighted by Gasteiger charge is -2.19. The molecule has 0 radical (unpaired) electrons. The quantitative estimate of drug-likeness (QED) is 0.246. The minimum Gasteiger partial charge on any atom is -0.444 e. The van der Waals surface area contributed by atoms with Crippen molar-refractivity contribution < 1.29 is 9.53 Å². The first-order valence-electron chi connectivity index (χ1n) is 9.13. The third kappa shape index (κ3) is 8.28. The number of halogens is 1. The number of hydrogen-bond acceptors (Lipinski definition) is 4. The molecule has 0 aliphatic rings. The van der Waals surface area contributed by atoms with Gasteiger partial charge in [-0.2, -0.15) is 0 Å². The van der Waals surface area contributed by atoms with Gasteiger partial charge >= 0.3 is 6.09 Å². The molecule has 0 aliphatic carbocycles. The first kappa shape index (κ1) is 23.9. The molecule has 8 heteroatoms. The number of pyridine rings is 1. The molecule has 3 N–H and O–H groups in total. The zero-order valence-electron chi connectivity index (χ0n) is 16.9. The molecule has 1 aromatic carbocycles. The first-order chi connectivity index (χ1) is 12.9. The number of guanidine groups is 1. The standard InChI is InChI=1S/C20H29N5O2.HI/c1-20(2,3)27-19(26)24-13-7-12-23-18(21-4)25-14-16-9-5-8-15-10-6-11-22-17(15)16;/h5-6,8-11H,7,12-14H2,1-4H3,(H,24,26)(H2,21,23,25);1H. The van der Waals surface area contributed by atoms with Crippen molar-refractivity contribution in [2.45, 2.75) is 39.3 Å². The van der Waals surface area contributed by atoms with Crippen LogP contribution in [-0.2, 0) is 11.3 Å². The Morgan fingerprint density at radius 2 is 1.82 bits per heavy atom.